The molecule has 4 aliphatic rings. The lowest BCUT2D eigenvalue weighted by Gasteiger charge is -2.19. The summed E-state index contributed by atoms with van der Waals surface area (Å²) in [5.41, 5.74) is 3.93. The van der Waals surface area contributed by atoms with Crippen molar-refractivity contribution >= 4 is 42.8 Å². The molecule has 2 aliphatic carbocycles. The van der Waals surface area contributed by atoms with Crippen LogP contribution in [0.1, 0.15) is 62.5 Å². The fraction of sp³-hybridized carbons (Fsp3) is 0.286. The molecular formula is C28H26NO4PS2. The van der Waals surface area contributed by atoms with Crippen LogP contribution in [0.4, 0.5) is 0 Å². The van der Waals surface area contributed by atoms with Crippen LogP contribution in [0.2, 0.25) is 0 Å². The molecule has 36 heavy (non-hydrogen) atoms. The Hall–Kier alpha value is -2.47. The molecular weight excluding hydrogens is 509 g/mol. The van der Waals surface area contributed by atoms with Crippen molar-refractivity contribution in [2.45, 2.75) is 61.2 Å². The number of nitrogens with zero attached hydrogens (tertiary/aromatic N) is 1. The molecule has 2 heterocycles. The van der Waals surface area contributed by atoms with Crippen molar-refractivity contribution in [1.29, 1.82) is 0 Å². The molecule has 5 nitrogen and oxygen atoms in total. The molecule has 0 N–H and O–H groups in total. The Morgan fingerprint density at radius 2 is 1.11 bits per heavy atom. The average molecular weight is 536 g/mol. The van der Waals surface area contributed by atoms with E-state index in [0.717, 1.165) is 72.3 Å². The van der Waals surface area contributed by atoms with Crippen molar-refractivity contribution in [3.8, 4) is 0 Å². The molecule has 0 saturated carbocycles. The second kappa shape index (κ2) is 10.1. The van der Waals surface area contributed by atoms with Crippen molar-refractivity contribution < 1.29 is 13.6 Å². The molecule has 0 aromatic heterocycles. The van der Waals surface area contributed by atoms with E-state index in [-0.39, 0.29) is 0 Å². The van der Waals surface area contributed by atoms with Crippen molar-refractivity contribution in [3.05, 3.63) is 97.7 Å². The lowest BCUT2D eigenvalue weighted by atomic mass is 9.98. The van der Waals surface area contributed by atoms with E-state index < -0.39 is 7.75 Å². The third-order valence-electron chi connectivity index (χ3n) is 6.83. The Kier molecular flexibility index (Phi) is 6.72. The van der Waals surface area contributed by atoms with Gasteiger partial charge in [0.25, 0.3) is 0 Å². The minimum Gasteiger partial charge on any atom is -0.397 e. The Bertz CT molecular complexity index is 1310. The van der Waals surface area contributed by atoms with E-state index in [2.05, 4.69) is 4.95 Å². The summed E-state index contributed by atoms with van der Waals surface area (Å²) in [6.07, 6.45) is 12.2. The average Bonchev–Trinajstić information content (AvgIpc) is 3.16. The van der Waals surface area contributed by atoms with Gasteiger partial charge in [-0.1, -0.05) is 59.9 Å². The van der Waals surface area contributed by atoms with Crippen molar-refractivity contribution in [2.75, 3.05) is 0 Å². The zero-order valence-electron chi connectivity index (χ0n) is 19.8. The van der Waals surface area contributed by atoms with E-state index in [1.54, 1.807) is 23.5 Å². The van der Waals surface area contributed by atoms with E-state index in [4.69, 9.17) is 9.05 Å². The first-order valence-electron chi connectivity index (χ1n) is 12.4. The number of fused-ring (bicyclic) bond motifs is 2. The van der Waals surface area contributed by atoms with Crippen LogP contribution in [0.5, 0.6) is 0 Å². The minimum atomic E-state index is -4.41. The van der Waals surface area contributed by atoms with E-state index in [9.17, 15) is 9.47 Å². The van der Waals surface area contributed by atoms with Gasteiger partial charge in [-0.3, -0.25) is 0 Å². The summed E-state index contributed by atoms with van der Waals surface area (Å²) in [6.45, 7) is 0. The van der Waals surface area contributed by atoms with Crippen LogP contribution in [0.25, 0.3) is 11.5 Å². The Labute approximate surface area is 219 Å². The zero-order valence-corrected chi connectivity index (χ0v) is 22.3. The third kappa shape index (κ3) is 4.77. The predicted octanol–water partition coefficient (Wildman–Crippen LogP) is 9.84. The van der Waals surface area contributed by atoms with E-state index in [1.165, 1.54) is 21.0 Å². The summed E-state index contributed by atoms with van der Waals surface area (Å²) < 4.78 is 25.8. The number of rotatable bonds is 5. The molecule has 6 rings (SSSR count). The summed E-state index contributed by atoms with van der Waals surface area (Å²) in [4.78, 5) is 19.7. The van der Waals surface area contributed by atoms with Gasteiger partial charge in [0, 0.05) is 20.9 Å². The van der Waals surface area contributed by atoms with Crippen molar-refractivity contribution in [3.63, 3.8) is 0 Å². The topological polar surface area (TPSA) is 65.0 Å². The van der Waals surface area contributed by atoms with Gasteiger partial charge in [-0.25, -0.2) is 4.57 Å². The lowest BCUT2D eigenvalue weighted by Crippen LogP contribution is -1.98. The smallest absolute Gasteiger partial charge is 0.397 e. The fourth-order valence-electron chi connectivity index (χ4n) is 5.05. The Balaban J connectivity index is 1.39. The SMILES string of the molecule is O=NP(=O)(OC1=CC2=C(CCCC2)Sc2ccccc21)OC1=CC2=C(CCCC2)Sc2ccccc21. The molecule has 2 aromatic carbocycles. The van der Waals surface area contributed by atoms with Crippen LogP contribution in [-0.2, 0) is 13.6 Å². The van der Waals surface area contributed by atoms with Crippen molar-refractivity contribution in [1.82, 2.24) is 0 Å². The highest BCUT2D eigenvalue weighted by atomic mass is 32.2. The number of allylic oxidation sites excluding steroid dienone is 6. The van der Waals surface area contributed by atoms with Crippen LogP contribution in [-0.4, -0.2) is 0 Å². The van der Waals surface area contributed by atoms with Gasteiger partial charge in [-0.15, -0.1) is 4.91 Å². The molecule has 8 heteroatoms. The molecule has 0 saturated heterocycles. The van der Waals surface area contributed by atoms with Crippen LogP contribution in [0.15, 0.2) is 96.4 Å². The van der Waals surface area contributed by atoms with Crippen LogP contribution in [0, 0.1) is 4.91 Å². The number of nitroso groups, excluding NO2 is 1. The Morgan fingerprint density at radius 1 is 0.667 bits per heavy atom. The molecule has 2 aromatic rings. The number of hydrogen-bond donors (Lipinski definition) is 0. The van der Waals surface area contributed by atoms with E-state index in [0.29, 0.717) is 11.5 Å². The summed E-state index contributed by atoms with van der Waals surface area (Å²) in [5, 5.41) is 0. The minimum absolute atomic E-state index is 0.377. The van der Waals surface area contributed by atoms with Crippen LogP contribution in [0.3, 0.4) is 0 Å². The second-order valence-electron chi connectivity index (χ2n) is 9.26. The molecule has 0 fully saturated rings. The number of benzene rings is 2. The molecule has 184 valence electrons. The molecule has 0 bridgehead atoms. The van der Waals surface area contributed by atoms with E-state index in [1.807, 2.05) is 60.7 Å². The van der Waals surface area contributed by atoms with Crippen LogP contribution < -0.4 is 0 Å². The Morgan fingerprint density at radius 3 is 1.58 bits per heavy atom. The summed E-state index contributed by atoms with van der Waals surface area (Å²) in [6, 6.07) is 15.7. The number of thioether (sulfide) groups is 2. The molecule has 0 radical (unpaired) electrons. The highest BCUT2D eigenvalue weighted by Crippen LogP contribution is 2.59. The van der Waals surface area contributed by atoms with Crippen molar-refractivity contribution in [2.24, 2.45) is 4.95 Å². The monoisotopic (exact) mass is 535 g/mol. The largest absolute Gasteiger partial charge is 0.600 e. The van der Waals surface area contributed by atoms with Gasteiger partial charge in [0.15, 0.2) is 0 Å². The molecule has 2 aliphatic heterocycles. The maximum absolute atomic E-state index is 13.8. The highest BCUT2D eigenvalue weighted by Gasteiger charge is 2.36. The molecule has 0 unspecified atom stereocenters. The lowest BCUT2D eigenvalue weighted by molar-refractivity contribution is 0.352. The zero-order chi connectivity index (χ0) is 24.5. The van der Waals surface area contributed by atoms with Crippen LogP contribution >= 0.6 is 31.3 Å². The molecule has 0 amide bonds. The van der Waals surface area contributed by atoms with Gasteiger partial charge >= 0.3 is 7.75 Å². The standard InChI is InChI=1S/C28H26NO4PS2/c30-29-34(31,32-23-17-19-9-1-5-13-25(19)35-27-15-7-3-11-21(23)27)33-24-18-20-10-2-6-14-26(20)36-28-16-8-4-12-22(24)28/h3-4,7-8,11-12,15-18H,1-2,5-6,9-10,13-14H2. The number of hydrogen-bond acceptors (Lipinski definition) is 6. The predicted molar refractivity (Wildman–Crippen MR) is 147 cm³/mol. The van der Waals surface area contributed by atoms with Gasteiger partial charge in [0.1, 0.15) is 11.5 Å². The first-order valence-corrected chi connectivity index (χ1v) is 15.5. The highest BCUT2D eigenvalue weighted by molar-refractivity contribution is 8.03. The fourth-order valence-corrected chi connectivity index (χ4v) is 8.41. The van der Waals surface area contributed by atoms with E-state index >= 15 is 0 Å². The molecule has 0 atom stereocenters. The summed E-state index contributed by atoms with van der Waals surface area (Å²) in [5.74, 6) is 0.754. The normalized spacial score (nSPS) is 19.4. The quantitative estimate of drug-likeness (QED) is 0.280. The van der Waals surface area contributed by atoms with Gasteiger partial charge in [0.2, 0.25) is 0 Å². The third-order valence-corrected chi connectivity index (χ3v) is 10.5. The second-order valence-corrected chi connectivity index (χ2v) is 13.0. The van der Waals surface area contributed by atoms with Gasteiger partial charge in [-0.05, 0) is 96.6 Å². The summed E-state index contributed by atoms with van der Waals surface area (Å²) >= 11 is 3.46. The molecule has 0 spiro atoms. The maximum atomic E-state index is 13.8. The first-order chi connectivity index (χ1) is 17.6. The summed E-state index contributed by atoms with van der Waals surface area (Å²) in [7, 11) is -4.41. The maximum Gasteiger partial charge on any atom is 0.600 e. The van der Waals surface area contributed by atoms with Gasteiger partial charge < -0.3 is 9.05 Å². The van der Waals surface area contributed by atoms with Gasteiger partial charge in [-0.2, -0.15) is 0 Å². The van der Waals surface area contributed by atoms with Gasteiger partial charge in [0.05, 0.1) is 4.95 Å². The first kappa shape index (κ1) is 23.9.